The minimum Gasteiger partial charge on any atom is -0.339 e. The highest BCUT2D eigenvalue weighted by Crippen LogP contribution is 2.23. The molecule has 27 heavy (non-hydrogen) atoms. The summed E-state index contributed by atoms with van der Waals surface area (Å²) in [4.78, 5) is 14.5. The quantitative estimate of drug-likeness (QED) is 0.608. The Kier molecular flexibility index (Phi) is 5.49. The molecule has 0 atom stereocenters. The zero-order valence-electron chi connectivity index (χ0n) is 15.0. The Hall–Kier alpha value is -2.66. The van der Waals surface area contributed by atoms with Crippen LogP contribution in [0.4, 0.5) is 0 Å². The van der Waals surface area contributed by atoms with Crippen LogP contribution in [0.3, 0.4) is 0 Å². The summed E-state index contributed by atoms with van der Waals surface area (Å²) in [6, 6.07) is 22.0. The zero-order chi connectivity index (χ0) is 18.5. The lowest BCUT2D eigenvalue weighted by molar-refractivity contribution is 0.0792. The molecule has 1 aromatic heterocycles. The van der Waals surface area contributed by atoms with E-state index in [4.69, 9.17) is 0 Å². The monoisotopic (exact) mass is 375 g/mol. The molecule has 0 unspecified atom stereocenters. The molecule has 3 aromatic rings. The van der Waals surface area contributed by atoms with Gasteiger partial charge in [-0.05, 0) is 42.7 Å². The van der Waals surface area contributed by atoms with Gasteiger partial charge in [-0.25, -0.2) is 0 Å². The van der Waals surface area contributed by atoms with E-state index in [0.29, 0.717) is 0 Å². The average molecular weight is 375 g/mol. The fourth-order valence-electron chi connectivity index (χ4n) is 3.21. The summed E-state index contributed by atoms with van der Waals surface area (Å²) >= 11 is 1.63. The van der Waals surface area contributed by atoms with Crippen LogP contribution in [-0.2, 0) is 5.75 Å². The van der Waals surface area contributed by atoms with Crippen molar-refractivity contribution in [3.8, 4) is 11.3 Å². The maximum Gasteiger partial charge on any atom is 0.253 e. The second-order valence-electron chi connectivity index (χ2n) is 6.61. The normalized spacial score (nSPS) is 13.7. The summed E-state index contributed by atoms with van der Waals surface area (Å²) in [7, 11) is 0. The second kappa shape index (κ2) is 8.35. The van der Waals surface area contributed by atoms with Crippen molar-refractivity contribution in [2.45, 2.75) is 23.6 Å². The summed E-state index contributed by atoms with van der Waals surface area (Å²) in [6.07, 6.45) is 2.22. The molecule has 4 rings (SSSR count). The van der Waals surface area contributed by atoms with Gasteiger partial charge in [-0.15, -0.1) is 10.2 Å². The molecular weight excluding hydrogens is 354 g/mol. The van der Waals surface area contributed by atoms with Crippen molar-refractivity contribution in [2.75, 3.05) is 13.1 Å². The molecule has 1 aliphatic rings. The van der Waals surface area contributed by atoms with Gasteiger partial charge in [-0.2, -0.15) is 0 Å². The number of benzene rings is 2. The van der Waals surface area contributed by atoms with Crippen molar-refractivity contribution in [1.82, 2.24) is 15.1 Å². The van der Waals surface area contributed by atoms with E-state index in [1.54, 1.807) is 11.8 Å². The Morgan fingerprint density at radius 3 is 2.48 bits per heavy atom. The molecular formula is C22H21N3OS. The number of rotatable bonds is 5. The zero-order valence-corrected chi connectivity index (χ0v) is 15.9. The predicted molar refractivity (Wildman–Crippen MR) is 109 cm³/mol. The van der Waals surface area contributed by atoms with Crippen molar-refractivity contribution in [2.24, 2.45) is 0 Å². The molecule has 5 heteroatoms. The van der Waals surface area contributed by atoms with Gasteiger partial charge in [0.05, 0.1) is 5.69 Å². The minimum absolute atomic E-state index is 0.145. The minimum atomic E-state index is 0.145. The van der Waals surface area contributed by atoms with Gasteiger partial charge in [0.1, 0.15) is 5.03 Å². The summed E-state index contributed by atoms with van der Waals surface area (Å²) in [6.45, 7) is 1.75. The summed E-state index contributed by atoms with van der Waals surface area (Å²) in [5.41, 5.74) is 3.84. The predicted octanol–water partition coefficient (Wildman–Crippen LogP) is 4.67. The maximum absolute atomic E-state index is 12.5. The molecule has 136 valence electrons. The van der Waals surface area contributed by atoms with E-state index >= 15 is 0 Å². The van der Waals surface area contributed by atoms with Gasteiger partial charge in [0.2, 0.25) is 0 Å². The summed E-state index contributed by atoms with van der Waals surface area (Å²) in [5, 5.41) is 9.54. The van der Waals surface area contributed by atoms with Crippen LogP contribution >= 0.6 is 11.8 Å². The lowest BCUT2D eigenvalue weighted by atomic mass is 10.1. The molecule has 1 fully saturated rings. The number of carbonyl (C=O) groups excluding carboxylic acids is 1. The Balaban J connectivity index is 1.40. The first kappa shape index (κ1) is 17.7. The summed E-state index contributed by atoms with van der Waals surface area (Å²) < 4.78 is 0. The third-order valence-corrected chi connectivity index (χ3v) is 5.65. The average Bonchev–Trinajstić information content (AvgIpc) is 3.28. The van der Waals surface area contributed by atoms with Crippen LogP contribution in [0.5, 0.6) is 0 Å². The third-order valence-electron chi connectivity index (χ3n) is 4.66. The van der Waals surface area contributed by atoms with Crippen LogP contribution in [0.2, 0.25) is 0 Å². The molecule has 0 N–H and O–H groups in total. The molecule has 1 saturated heterocycles. The van der Waals surface area contributed by atoms with E-state index < -0.39 is 0 Å². The Morgan fingerprint density at radius 1 is 0.926 bits per heavy atom. The lowest BCUT2D eigenvalue weighted by Crippen LogP contribution is -2.27. The van der Waals surface area contributed by atoms with Crippen LogP contribution in [-0.4, -0.2) is 34.1 Å². The molecule has 2 aromatic carbocycles. The molecule has 4 nitrogen and oxygen atoms in total. The van der Waals surface area contributed by atoms with Crippen LogP contribution < -0.4 is 0 Å². The van der Waals surface area contributed by atoms with Gasteiger partial charge in [0, 0.05) is 30.0 Å². The largest absolute Gasteiger partial charge is 0.339 e. The first-order valence-corrected chi connectivity index (χ1v) is 10.2. The van der Waals surface area contributed by atoms with Crippen LogP contribution in [0.15, 0.2) is 71.8 Å². The SMILES string of the molecule is O=C(c1cccc(CSc2ccc(-c3ccccc3)nn2)c1)N1CCCC1. The molecule has 0 bridgehead atoms. The smallest absolute Gasteiger partial charge is 0.253 e. The van der Waals surface area contributed by atoms with E-state index in [1.807, 2.05) is 65.6 Å². The molecule has 1 amide bonds. The van der Waals surface area contributed by atoms with E-state index in [1.165, 1.54) is 0 Å². The number of amides is 1. The fraction of sp³-hybridized carbons (Fsp3) is 0.227. The van der Waals surface area contributed by atoms with E-state index in [0.717, 1.165) is 59.1 Å². The van der Waals surface area contributed by atoms with Crippen molar-refractivity contribution >= 4 is 17.7 Å². The van der Waals surface area contributed by atoms with Gasteiger partial charge in [0.25, 0.3) is 5.91 Å². The lowest BCUT2D eigenvalue weighted by Gasteiger charge is -2.15. The molecule has 0 saturated carbocycles. The van der Waals surface area contributed by atoms with Gasteiger partial charge < -0.3 is 4.90 Å². The number of nitrogens with zero attached hydrogens (tertiary/aromatic N) is 3. The first-order chi connectivity index (χ1) is 13.3. The number of thioether (sulfide) groups is 1. The number of aromatic nitrogens is 2. The number of hydrogen-bond acceptors (Lipinski definition) is 4. The van der Waals surface area contributed by atoms with Gasteiger partial charge in [-0.3, -0.25) is 4.79 Å². The number of hydrogen-bond donors (Lipinski definition) is 0. The van der Waals surface area contributed by atoms with E-state index in [2.05, 4.69) is 16.3 Å². The molecule has 0 spiro atoms. The molecule has 1 aliphatic heterocycles. The Labute approximate surface area is 163 Å². The van der Waals surface area contributed by atoms with Crippen molar-refractivity contribution in [3.63, 3.8) is 0 Å². The number of carbonyl (C=O) groups is 1. The topological polar surface area (TPSA) is 46.1 Å². The molecule has 0 aliphatic carbocycles. The van der Waals surface area contributed by atoms with E-state index in [-0.39, 0.29) is 5.91 Å². The van der Waals surface area contributed by atoms with Crippen molar-refractivity contribution < 1.29 is 4.79 Å². The maximum atomic E-state index is 12.5. The van der Waals surface area contributed by atoms with Gasteiger partial charge in [0.15, 0.2) is 0 Å². The van der Waals surface area contributed by atoms with Crippen LogP contribution in [0.1, 0.15) is 28.8 Å². The highest BCUT2D eigenvalue weighted by atomic mass is 32.2. The fourth-order valence-corrected chi connectivity index (χ4v) is 3.97. The number of likely N-dealkylation sites (tertiary alicyclic amines) is 1. The highest BCUT2D eigenvalue weighted by Gasteiger charge is 2.19. The van der Waals surface area contributed by atoms with Crippen molar-refractivity contribution in [1.29, 1.82) is 0 Å². The van der Waals surface area contributed by atoms with Crippen LogP contribution in [0, 0.1) is 0 Å². The second-order valence-corrected chi connectivity index (χ2v) is 7.61. The Morgan fingerprint density at radius 2 is 1.74 bits per heavy atom. The van der Waals surface area contributed by atoms with Gasteiger partial charge in [-0.1, -0.05) is 54.2 Å². The standard InChI is InChI=1S/C22H21N3OS/c26-22(25-13-4-5-14-25)19-10-6-7-17(15-19)16-27-21-12-11-20(23-24-21)18-8-2-1-3-9-18/h1-3,6-12,15H,4-5,13-14,16H2. The van der Waals surface area contributed by atoms with Crippen LogP contribution in [0.25, 0.3) is 11.3 Å². The molecule has 2 heterocycles. The van der Waals surface area contributed by atoms with E-state index in [9.17, 15) is 4.79 Å². The molecule has 0 radical (unpaired) electrons. The van der Waals surface area contributed by atoms with Crippen molar-refractivity contribution in [3.05, 3.63) is 77.9 Å². The van der Waals surface area contributed by atoms with Gasteiger partial charge >= 0.3 is 0 Å². The summed E-state index contributed by atoms with van der Waals surface area (Å²) in [5.74, 6) is 0.909. The highest BCUT2D eigenvalue weighted by molar-refractivity contribution is 7.98. The Bertz CT molecular complexity index is 906. The third kappa shape index (κ3) is 4.37. The first-order valence-electron chi connectivity index (χ1n) is 9.20.